The summed E-state index contributed by atoms with van der Waals surface area (Å²) in [4.78, 5) is 14.0. The van der Waals surface area contributed by atoms with Crippen LogP contribution in [0.2, 0.25) is 0 Å². The Balaban J connectivity index is 2.10. The molecule has 0 atom stereocenters. The van der Waals surface area contributed by atoms with Crippen molar-refractivity contribution in [3.63, 3.8) is 0 Å². The van der Waals surface area contributed by atoms with E-state index >= 15 is 0 Å². The maximum Gasteiger partial charge on any atom is 0.0722 e. The molecule has 36 heavy (non-hydrogen) atoms. The van der Waals surface area contributed by atoms with Gasteiger partial charge in [0.25, 0.3) is 0 Å². The van der Waals surface area contributed by atoms with Crippen LogP contribution in [0.1, 0.15) is 92.1 Å². The van der Waals surface area contributed by atoms with Gasteiger partial charge in [0.1, 0.15) is 0 Å². The maximum absolute atomic E-state index is 5.36. The minimum Gasteiger partial charge on any atom is -0.355 e. The lowest BCUT2D eigenvalue weighted by Crippen LogP contribution is -2.00. The molecule has 0 unspecified atom stereocenters. The molecule has 0 amide bonds. The zero-order valence-electron chi connectivity index (χ0n) is 23.1. The van der Waals surface area contributed by atoms with E-state index in [0.29, 0.717) is 0 Å². The molecule has 0 aliphatic carbocycles. The summed E-state index contributed by atoms with van der Waals surface area (Å²) in [5.41, 5.74) is 18.3. The van der Waals surface area contributed by atoms with Crippen LogP contribution in [0, 0.1) is 13.8 Å². The Labute approximate surface area is 214 Å². The highest BCUT2D eigenvalue weighted by Crippen LogP contribution is 2.37. The maximum atomic E-state index is 5.36. The summed E-state index contributed by atoms with van der Waals surface area (Å²) in [6.07, 6.45) is 7.20. The minimum atomic E-state index is 0.914. The standard InChI is InChI=1S/C32H38N4/c1-9-25-26(10-2)32-27(11-3)31-20(7)19(6)30(35-31)21(8)29-18(5)15-24(34-29)16-22-13-14-23(33-22)17-28(25)36(32)12-4/h13-17,34H,9-12H2,1-8H3. The Kier molecular flexibility index (Phi) is 6.23. The van der Waals surface area contributed by atoms with Crippen LogP contribution < -0.4 is 0 Å². The number of rotatable bonds is 4. The molecule has 4 heteroatoms. The molecular weight excluding hydrogens is 440 g/mol. The van der Waals surface area contributed by atoms with Crippen molar-refractivity contribution < 1.29 is 0 Å². The van der Waals surface area contributed by atoms with Gasteiger partial charge in [-0.1, -0.05) is 20.8 Å². The summed E-state index contributed by atoms with van der Waals surface area (Å²) in [5, 5.41) is 0. The van der Waals surface area contributed by atoms with E-state index in [2.05, 4.69) is 95.3 Å². The topological polar surface area (TPSA) is 46.5 Å². The van der Waals surface area contributed by atoms with Crippen molar-refractivity contribution in [1.82, 2.24) is 19.5 Å². The summed E-state index contributed by atoms with van der Waals surface area (Å²) in [7, 11) is 0. The molecule has 5 heterocycles. The average Bonchev–Trinajstić information content (AvgIpc) is 3.60. The molecule has 1 N–H and O–H groups in total. The molecule has 8 bridgehead atoms. The van der Waals surface area contributed by atoms with Gasteiger partial charge < -0.3 is 9.55 Å². The predicted molar refractivity (Wildman–Crippen MR) is 155 cm³/mol. The second-order valence-corrected chi connectivity index (χ2v) is 10.0. The van der Waals surface area contributed by atoms with Crippen molar-refractivity contribution in [2.24, 2.45) is 0 Å². The largest absolute Gasteiger partial charge is 0.355 e. The summed E-state index contributed by atoms with van der Waals surface area (Å²) in [6, 6.07) is 6.63. The number of aromatic nitrogens is 4. The number of hydrogen-bond donors (Lipinski definition) is 1. The van der Waals surface area contributed by atoms with Gasteiger partial charge in [-0.25, -0.2) is 9.97 Å². The van der Waals surface area contributed by atoms with Crippen molar-refractivity contribution >= 4 is 45.4 Å². The van der Waals surface area contributed by atoms with E-state index in [1.807, 2.05) is 0 Å². The number of hydrogen-bond acceptors (Lipinski definition) is 2. The molecule has 0 saturated heterocycles. The number of nitrogens with zero attached hydrogens (tertiary/aromatic N) is 3. The van der Waals surface area contributed by atoms with E-state index < -0.39 is 0 Å². The molecule has 3 aromatic rings. The van der Waals surface area contributed by atoms with E-state index in [1.54, 1.807) is 0 Å². The monoisotopic (exact) mass is 478 g/mol. The molecule has 2 aliphatic rings. The van der Waals surface area contributed by atoms with Crippen LogP contribution in [-0.2, 0) is 25.8 Å². The fraction of sp³-hybridized carbons (Fsp3) is 0.375. The van der Waals surface area contributed by atoms with E-state index in [9.17, 15) is 0 Å². The zero-order chi connectivity index (χ0) is 25.7. The lowest BCUT2D eigenvalue weighted by Gasteiger charge is -2.10. The van der Waals surface area contributed by atoms with Gasteiger partial charge in [0.2, 0.25) is 0 Å². The first-order chi connectivity index (χ1) is 17.3. The van der Waals surface area contributed by atoms with Crippen LogP contribution in [0.3, 0.4) is 0 Å². The lowest BCUT2D eigenvalue weighted by atomic mass is 9.98. The van der Waals surface area contributed by atoms with Gasteiger partial charge in [-0.15, -0.1) is 0 Å². The Bertz CT molecular complexity index is 1610. The molecule has 4 nitrogen and oxygen atoms in total. The van der Waals surface area contributed by atoms with Crippen LogP contribution >= 0.6 is 0 Å². The van der Waals surface area contributed by atoms with Gasteiger partial charge >= 0.3 is 0 Å². The number of aromatic amines is 1. The molecule has 186 valence electrons. The molecule has 0 aromatic carbocycles. The van der Waals surface area contributed by atoms with Crippen molar-refractivity contribution in [3.05, 3.63) is 68.8 Å². The molecule has 0 fully saturated rings. The van der Waals surface area contributed by atoms with Crippen LogP contribution in [0.5, 0.6) is 0 Å². The van der Waals surface area contributed by atoms with Crippen molar-refractivity contribution in [3.8, 4) is 0 Å². The smallest absolute Gasteiger partial charge is 0.0722 e. The molecule has 0 radical (unpaired) electrons. The summed E-state index contributed by atoms with van der Waals surface area (Å²) in [6.45, 7) is 18.8. The highest BCUT2D eigenvalue weighted by Gasteiger charge is 2.23. The fourth-order valence-electron chi connectivity index (χ4n) is 6.12. The van der Waals surface area contributed by atoms with Gasteiger partial charge in [-0.3, -0.25) is 0 Å². The summed E-state index contributed by atoms with van der Waals surface area (Å²) >= 11 is 0. The van der Waals surface area contributed by atoms with Crippen LogP contribution in [0.15, 0.2) is 18.2 Å². The van der Waals surface area contributed by atoms with Gasteiger partial charge in [-0.05, 0) is 118 Å². The van der Waals surface area contributed by atoms with Crippen molar-refractivity contribution in [2.45, 2.75) is 81.2 Å². The molecule has 5 rings (SSSR count). The Morgan fingerprint density at radius 2 is 1.36 bits per heavy atom. The average molecular weight is 479 g/mol. The third-order valence-corrected chi connectivity index (χ3v) is 8.00. The number of allylic oxidation sites excluding steroid dienone is 2. The van der Waals surface area contributed by atoms with Crippen LogP contribution in [0.4, 0.5) is 0 Å². The minimum absolute atomic E-state index is 0.914. The summed E-state index contributed by atoms with van der Waals surface area (Å²) in [5.74, 6) is 0. The Morgan fingerprint density at radius 1 is 0.722 bits per heavy atom. The van der Waals surface area contributed by atoms with E-state index in [4.69, 9.17) is 9.97 Å². The summed E-state index contributed by atoms with van der Waals surface area (Å²) < 4.78 is 2.51. The van der Waals surface area contributed by atoms with E-state index in [0.717, 1.165) is 59.6 Å². The number of H-pyrrole nitrogens is 1. The van der Waals surface area contributed by atoms with Gasteiger partial charge in [-0.2, -0.15) is 0 Å². The first-order valence-corrected chi connectivity index (χ1v) is 13.4. The molecular formula is C32H38N4. The normalized spacial score (nSPS) is 13.2. The van der Waals surface area contributed by atoms with Crippen LogP contribution in [0.25, 0.3) is 45.4 Å². The zero-order valence-corrected chi connectivity index (χ0v) is 23.1. The second-order valence-electron chi connectivity index (χ2n) is 10.0. The number of nitrogens with one attached hydrogen (secondary N) is 1. The number of fused-ring (bicyclic) bond motifs is 8. The van der Waals surface area contributed by atoms with E-state index in [-0.39, 0.29) is 0 Å². The fourth-order valence-corrected chi connectivity index (χ4v) is 6.12. The van der Waals surface area contributed by atoms with Gasteiger partial charge in [0.15, 0.2) is 0 Å². The first-order valence-electron chi connectivity index (χ1n) is 13.4. The van der Waals surface area contributed by atoms with Gasteiger partial charge in [0, 0.05) is 28.7 Å². The van der Waals surface area contributed by atoms with Gasteiger partial charge in [0.05, 0.1) is 28.3 Å². The second kappa shape index (κ2) is 9.24. The SMILES string of the molecule is CCc1c(CC)c2c(CC)c3nc(c(C)c4[nH]c(cc5nc(cc1n2CC)C=C5)cc4C)C(C)=C3C. The molecule has 0 spiro atoms. The third-order valence-electron chi connectivity index (χ3n) is 8.00. The van der Waals surface area contributed by atoms with E-state index in [1.165, 1.54) is 50.0 Å². The Morgan fingerprint density at radius 3 is 2.00 bits per heavy atom. The number of aryl methyl sites for hydroxylation is 6. The third kappa shape index (κ3) is 3.66. The molecule has 2 aliphatic heterocycles. The molecule has 0 saturated carbocycles. The van der Waals surface area contributed by atoms with Crippen molar-refractivity contribution in [2.75, 3.05) is 0 Å². The first kappa shape index (κ1) is 24.3. The highest BCUT2D eigenvalue weighted by molar-refractivity contribution is 5.95. The predicted octanol–water partition coefficient (Wildman–Crippen LogP) is 8.23. The molecule has 3 aromatic heterocycles. The quantitative estimate of drug-likeness (QED) is 0.321. The van der Waals surface area contributed by atoms with Crippen molar-refractivity contribution in [1.29, 1.82) is 0 Å². The Hall–Kier alpha value is -3.40. The lowest BCUT2D eigenvalue weighted by molar-refractivity contribution is 0.815. The van der Waals surface area contributed by atoms with Crippen LogP contribution in [-0.4, -0.2) is 19.5 Å². The highest BCUT2D eigenvalue weighted by atomic mass is 15.0.